The fourth-order valence-corrected chi connectivity index (χ4v) is 4.24. The lowest BCUT2D eigenvalue weighted by Crippen LogP contribution is -1.91. The van der Waals surface area contributed by atoms with Crippen LogP contribution in [0.3, 0.4) is 0 Å². The highest BCUT2D eigenvalue weighted by molar-refractivity contribution is 9.11. The van der Waals surface area contributed by atoms with Crippen LogP contribution in [0.15, 0.2) is 30.4 Å². The summed E-state index contributed by atoms with van der Waals surface area (Å²) in [6.07, 6.45) is 0. The van der Waals surface area contributed by atoms with E-state index >= 15 is 0 Å². The molecule has 1 rings (SSSR count). The number of benzene rings is 1. The molecule has 6 heteroatoms. The predicted molar refractivity (Wildman–Crippen MR) is 58.6 cm³/mol. The molecule has 0 aliphatic heterocycles. The summed E-state index contributed by atoms with van der Waals surface area (Å²) in [5, 5.41) is 0. The van der Waals surface area contributed by atoms with Crippen LogP contribution in [-0.2, 0) is 11.1 Å². The largest absolute Gasteiger partial charge is 0.302 e. The Labute approximate surface area is 97.4 Å². The molecule has 0 aliphatic rings. The van der Waals surface area contributed by atoms with Crippen molar-refractivity contribution in [3.63, 3.8) is 0 Å². The molecule has 1 N–H and O–H groups in total. The average Bonchev–Trinajstić information content (AvgIpc) is 1.82. The van der Waals surface area contributed by atoms with Gasteiger partial charge in [0.15, 0.2) is 11.1 Å². The first-order valence-electron chi connectivity index (χ1n) is 2.78. The minimum atomic E-state index is -1.97. The van der Waals surface area contributed by atoms with Gasteiger partial charge < -0.3 is 4.55 Å². The second-order valence-corrected chi connectivity index (χ2v) is 5.48. The quantitative estimate of drug-likeness (QED) is 0.759. The zero-order valence-electron chi connectivity index (χ0n) is 5.55. The SMILES string of the molecule is O=S(O)c1c(Br)cc(Br)cc1Br. The normalized spacial score (nSPS) is 13.0. The molecule has 0 saturated carbocycles. The van der Waals surface area contributed by atoms with Gasteiger partial charge in [-0.1, -0.05) is 15.9 Å². The van der Waals surface area contributed by atoms with Gasteiger partial charge >= 0.3 is 0 Å². The highest BCUT2D eigenvalue weighted by Crippen LogP contribution is 2.31. The van der Waals surface area contributed by atoms with Crippen LogP contribution in [0.1, 0.15) is 0 Å². The number of halogens is 3. The number of rotatable bonds is 1. The third kappa shape index (κ3) is 2.38. The monoisotopic (exact) mass is 376 g/mol. The van der Waals surface area contributed by atoms with Gasteiger partial charge in [-0.15, -0.1) is 0 Å². The first kappa shape index (κ1) is 10.8. The van der Waals surface area contributed by atoms with Gasteiger partial charge in [-0.2, -0.15) is 0 Å². The van der Waals surface area contributed by atoms with Crippen molar-refractivity contribution in [3.8, 4) is 0 Å². The van der Waals surface area contributed by atoms with E-state index in [1.54, 1.807) is 12.1 Å². The van der Waals surface area contributed by atoms with E-state index in [1.165, 1.54) is 0 Å². The van der Waals surface area contributed by atoms with Crippen molar-refractivity contribution < 1.29 is 8.76 Å². The van der Waals surface area contributed by atoms with Gasteiger partial charge in [-0.25, -0.2) is 4.21 Å². The minimum Gasteiger partial charge on any atom is -0.302 e. The molecule has 0 radical (unpaired) electrons. The van der Waals surface area contributed by atoms with Crippen molar-refractivity contribution in [2.45, 2.75) is 4.90 Å². The summed E-state index contributed by atoms with van der Waals surface area (Å²) in [4.78, 5) is 0.346. The second kappa shape index (κ2) is 4.32. The van der Waals surface area contributed by atoms with Crippen LogP contribution < -0.4 is 0 Å². The van der Waals surface area contributed by atoms with Crippen LogP contribution in [0.4, 0.5) is 0 Å². The number of hydrogen-bond donors (Lipinski definition) is 1. The summed E-state index contributed by atoms with van der Waals surface area (Å²) in [7, 11) is 0. The molecule has 0 aromatic heterocycles. The Morgan fingerprint density at radius 1 is 1.17 bits per heavy atom. The molecule has 0 spiro atoms. The van der Waals surface area contributed by atoms with Gasteiger partial charge in [-0.05, 0) is 44.0 Å². The van der Waals surface area contributed by atoms with Crippen LogP contribution in [-0.4, -0.2) is 8.76 Å². The van der Waals surface area contributed by atoms with Crippen molar-refractivity contribution in [1.29, 1.82) is 0 Å². The Bertz CT molecular complexity index is 317. The van der Waals surface area contributed by atoms with Gasteiger partial charge in [0.25, 0.3) is 0 Å². The molecule has 12 heavy (non-hydrogen) atoms. The van der Waals surface area contributed by atoms with Gasteiger partial charge in [0.1, 0.15) is 0 Å². The maximum atomic E-state index is 10.8. The van der Waals surface area contributed by atoms with E-state index in [-0.39, 0.29) is 0 Å². The lowest BCUT2D eigenvalue weighted by molar-refractivity contribution is 0.563. The Balaban J connectivity index is 3.38. The van der Waals surface area contributed by atoms with E-state index in [4.69, 9.17) is 4.55 Å². The summed E-state index contributed by atoms with van der Waals surface area (Å²) in [5.41, 5.74) is 0. The highest BCUT2D eigenvalue weighted by atomic mass is 79.9. The third-order valence-electron chi connectivity index (χ3n) is 1.14. The summed E-state index contributed by atoms with van der Waals surface area (Å²) >= 11 is 7.65. The molecule has 1 aromatic carbocycles. The molecule has 0 saturated heterocycles. The Morgan fingerprint density at radius 2 is 1.58 bits per heavy atom. The van der Waals surface area contributed by atoms with Crippen LogP contribution in [0.2, 0.25) is 0 Å². The van der Waals surface area contributed by atoms with E-state index in [9.17, 15) is 4.21 Å². The zero-order chi connectivity index (χ0) is 9.30. The molecule has 0 aliphatic carbocycles. The van der Waals surface area contributed by atoms with E-state index in [2.05, 4.69) is 47.8 Å². The molecule has 66 valence electrons. The van der Waals surface area contributed by atoms with Gasteiger partial charge in [0, 0.05) is 13.4 Å². The Kier molecular flexibility index (Phi) is 3.91. The first-order chi connectivity index (χ1) is 5.52. The van der Waals surface area contributed by atoms with E-state index in [0.717, 1.165) is 4.47 Å². The topological polar surface area (TPSA) is 37.3 Å². The summed E-state index contributed by atoms with van der Waals surface area (Å²) in [6, 6.07) is 3.43. The Morgan fingerprint density at radius 3 is 1.92 bits per heavy atom. The lowest BCUT2D eigenvalue weighted by Gasteiger charge is -2.02. The van der Waals surface area contributed by atoms with Crippen LogP contribution in [0, 0.1) is 0 Å². The average molecular weight is 379 g/mol. The van der Waals surface area contributed by atoms with Crippen LogP contribution >= 0.6 is 47.8 Å². The second-order valence-electron chi connectivity index (χ2n) is 1.95. The first-order valence-corrected chi connectivity index (χ1v) is 6.26. The standard InChI is InChI=1S/C6H3Br3O2S/c7-3-1-4(8)6(12(10)11)5(9)2-3/h1-2H,(H,10,11). The van der Waals surface area contributed by atoms with Gasteiger partial charge in [0.05, 0.1) is 4.90 Å². The molecule has 0 heterocycles. The summed E-state index contributed by atoms with van der Waals surface area (Å²) < 4.78 is 21.7. The van der Waals surface area contributed by atoms with Crippen molar-refractivity contribution in [1.82, 2.24) is 0 Å². The molecule has 1 aromatic rings. The molecular formula is C6H3Br3O2S. The molecule has 1 unspecified atom stereocenters. The summed E-state index contributed by atoms with van der Waals surface area (Å²) in [5.74, 6) is 0. The van der Waals surface area contributed by atoms with Crippen LogP contribution in [0.25, 0.3) is 0 Å². The maximum Gasteiger partial charge on any atom is 0.188 e. The minimum absolute atomic E-state index is 0.346. The van der Waals surface area contributed by atoms with E-state index in [1.807, 2.05) is 0 Å². The van der Waals surface area contributed by atoms with E-state index in [0.29, 0.717) is 13.8 Å². The molecular weight excluding hydrogens is 376 g/mol. The lowest BCUT2D eigenvalue weighted by atomic mass is 10.4. The molecule has 1 atom stereocenters. The Hall–Kier alpha value is 0.770. The summed E-state index contributed by atoms with van der Waals surface area (Å²) in [6.45, 7) is 0. The van der Waals surface area contributed by atoms with Crippen molar-refractivity contribution in [2.24, 2.45) is 0 Å². The highest BCUT2D eigenvalue weighted by Gasteiger charge is 2.11. The molecule has 0 bridgehead atoms. The zero-order valence-corrected chi connectivity index (χ0v) is 11.1. The fourth-order valence-electron chi connectivity index (χ4n) is 0.696. The van der Waals surface area contributed by atoms with Crippen molar-refractivity contribution in [3.05, 3.63) is 25.6 Å². The smallest absolute Gasteiger partial charge is 0.188 e. The fraction of sp³-hybridized carbons (Fsp3) is 0. The molecule has 2 nitrogen and oxygen atoms in total. The van der Waals surface area contributed by atoms with Crippen molar-refractivity contribution >= 4 is 58.9 Å². The van der Waals surface area contributed by atoms with Gasteiger partial charge in [0.2, 0.25) is 0 Å². The predicted octanol–water partition coefficient (Wildman–Crippen LogP) is 3.55. The molecule has 0 amide bonds. The van der Waals surface area contributed by atoms with E-state index < -0.39 is 11.1 Å². The van der Waals surface area contributed by atoms with Crippen LogP contribution in [0.5, 0.6) is 0 Å². The maximum absolute atomic E-state index is 10.8. The van der Waals surface area contributed by atoms with Gasteiger partial charge in [-0.3, -0.25) is 0 Å². The third-order valence-corrected chi connectivity index (χ3v) is 4.16. The van der Waals surface area contributed by atoms with Crippen molar-refractivity contribution in [2.75, 3.05) is 0 Å². The molecule has 0 fully saturated rings. The number of hydrogen-bond acceptors (Lipinski definition) is 1.